The Balaban J connectivity index is 2.07. The zero-order chi connectivity index (χ0) is 13.0. The van der Waals surface area contributed by atoms with Crippen LogP contribution in [0.3, 0.4) is 0 Å². The molecular weight excluding hydrogens is 253 g/mol. The smallest absolute Gasteiger partial charge is 0.291 e. The van der Waals surface area contributed by atoms with Gasteiger partial charge in [-0.2, -0.15) is 11.8 Å². The average molecular weight is 265 g/mol. The molecule has 1 aromatic carbocycles. The summed E-state index contributed by atoms with van der Waals surface area (Å²) in [6.45, 7) is 0. The summed E-state index contributed by atoms with van der Waals surface area (Å²) in [4.78, 5) is 11.8. The van der Waals surface area contributed by atoms with Gasteiger partial charge in [-0.15, -0.1) is 0 Å². The van der Waals surface area contributed by atoms with Crippen molar-refractivity contribution in [2.45, 2.75) is 5.75 Å². The van der Waals surface area contributed by atoms with Crippen molar-refractivity contribution in [3.05, 3.63) is 53.7 Å². The molecule has 1 amide bonds. The molecule has 0 aliphatic carbocycles. The first-order valence-corrected chi connectivity index (χ1v) is 6.73. The fourth-order valence-corrected chi connectivity index (χ4v) is 1.92. The molecule has 1 aromatic heterocycles. The van der Waals surface area contributed by atoms with Crippen molar-refractivity contribution in [2.75, 3.05) is 11.6 Å². The van der Waals surface area contributed by atoms with Crippen molar-refractivity contribution in [1.29, 1.82) is 0 Å². The topological polar surface area (TPSA) is 42.2 Å². The quantitative estimate of drug-likeness (QED) is 0.919. The summed E-state index contributed by atoms with van der Waals surface area (Å²) < 4.78 is 18.3. The highest BCUT2D eigenvalue weighted by atomic mass is 32.2. The van der Waals surface area contributed by atoms with Crippen LogP contribution in [-0.4, -0.2) is 12.2 Å². The molecule has 0 saturated carbocycles. The first kappa shape index (κ1) is 12.7. The average Bonchev–Trinajstić information content (AvgIpc) is 2.78. The number of anilines is 1. The van der Waals surface area contributed by atoms with Crippen molar-refractivity contribution in [3.8, 4) is 0 Å². The SMILES string of the molecule is CSCc1ccc(C(=O)Nc2cccc(F)c2)o1. The maximum atomic E-state index is 12.9. The van der Waals surface area contributed by atoms with Crippen molar-refractivity contribution in [2.24, 2.45) is 0 Å². The third kappa shape index (κ3) is 3.13. The largest absolute Gasteiger partial charge is 0.455 e. The first-order chi connectivity index (χ1) is 8.69. The highest BCUT2D eigenvalue weighted by Gasteiger charge is 2.11. The van der Waals surface area contributed by atoms with E-state index in [0.717, 1.165) is 5.76 Å². The van der Waals surface area contributed by atoms with Gasteiger partial charge in [-0.1, -0.05) is 6.07 Å². The summed E-state index contributed by atoms with van der Waals surface area (Å²) in [5.74, 6) is 0.909. The lowest BCUT2D eigenvalue weighted by atomic mass is 10.3. The van der Waals surface area contributed by atoms with Crippen molar-refractivity contribution >= 4 is 23.4 Å². The fraction of sp³-hybridized carbons (Fsp3) is 0.154. The van der Waals surface area contributed by atoms with Gasteiger partial charge in [0.2, 0.25) is 0 Å². The van der Waals surface area contributed by atoms with Crippen LogP contribution in [-0.2, 0) is 5.75 Å². The molecule has 1 N–H and O–H groups in total. The molecule has 5 heteroatoms. The van der Waals surface area contributed by atoms with Crippen LogP contribution < -0.4 is 5.32 Å². The van der Waals surface area contributed by atoms with Crippen LogP contribution in [0.25, 0.3) is 0 Å². The van der Waals surface area contributed by atoms with Gasteiger partial charge in [-0.25, -0.2) is 4.39 Å². The standard InChI is InChI=1S/C13H12FNO2S/c1-18-8-11-5-6-12(17-11)13(16)15-10-4-2-3-9(14)7-10/h2-7H,8H2,1H3,(H,15,16). The second kappa shape index (κ2) is 5.73. The Hall–Kier alpha value is -1.75. The molecule has 94 valence electrons. The Morgan fingerprint density at radius 1 is 1.39 bits per heavy atom. The van der Waals surface area contributed by atoms with Crippen LogP contribution >= 0.6 is 11.8 Å². The zero-order valence-corrected chi connectivity index (χ0v) is 10.6. The monoisotopic (exact) mass is 265 g/mol. The van der Waals surface area contributed by atoms with Crippen LogP contribution in [0, 0.1) is 5.82 Å². The summed E-state index contributed by atoms with van der Waals surface area (Å²) in [5, 5.41) is 2.57. The molecule has 0 atom stereocenters. The Morgan fingerprint density at radius 3 is 2.94 bits per heavy atom. The number of hydrogen-bond acceptors (Lipinski definition) is 3. The molecule has 0 saturated heterocycles. The minimum atomic E-state index is -0.393. The minimum absolute atomic E-state index is 0.225. The van der Waals surface area contributed by atoms with Crippen LogP contribution in [0.15, 0.2) is 40.8 Å². The number of benzene rings is 1. The molecule has 2 rings (SSSR count). The molecule has 18 heavy (non-hydrogen) atoms. The zero-order valence-electron chi connectivity index (χ0n) is 9.77. The summed E-state index contributed by atoms with van der Waals surface area (Å²) in [5.41, 5.74) is 0.405. The molecule has 0 radical (unpaired) electrons. The Kier molecular flexibility index (Phi) is 4.04. The van der Waals surface area contributed by atoms with Gasteiger partial charge in [0.15, 0.2) is 5.76 Å². The van der Waals surface area contributed by atoms with Gasteiger partial charge in [-0.3, -0.25) is 4.79 Å². The number of nitrogens with one attached hydrogen (secondary N) is 1. The second-order valence-corrected chi connectivity index (χ2v) is 4.53. The van der Waals surface area contributed by atoms with E-state index in [-0.39, 0.29) is 11.7 Å². The maximum absolute atomic E-state index is 12.9. The molecule has 0 bridgehead atoms. The number of amides is 1. The number of furan rings is 1. The fourth-order valence-electron chi connectivity index (χ4n) is 1.48. The number of halogens is 1. The highest BCUT2D eigenvalue weighted by Crippen LogP contribution is 2.15. The highest BCUT2D eigenvalue weighted by molar-refractivity contribution is 7.97. The Bertz CT molecular complexity index is 553. The Labute approximate surface area is 108 Å². The third-order valence-corrected chi connectivity index (χ3v) is 2.83. The number of hydrogen-bond donors (Lipinski definition) is 1. The van der Waals surface area contributed by atoms with Gasteiger partial charge in [0.05, 0.1) is 5.75 Å². The van der Waals surface area contributed by atoms with Gasteiger partial charge >= 0.3 is 0 Å². The van der Waals surface area contributed by atoms with Gasteiger partial charge in [-0.05, 0) is 36.6 Å². The van der Waals surface area contributed by atoms with Gasteiger partial charge in [0, 0.05) is 5.69 Å². The summed E-state index contributed by atoms with van der Waals surface area (Å²) in [6.07, 6.45) is 1.95. The van der Waals surface area contributed by atoms with Crippen LogP contribution in [0.5, 0.6) is 0 Å². The normalized spacial score (nSPS) is 10.3. The van der Waals surface area contributed by atoms with Gasteiger partial charge in [0.1, 0.15) is 11.6 Å². The molecule has 3 nitrogen and oxygen atoms in total. The maximum Gasteiger partial charge on any atom is 0.291 e. The molecule has 0 aliphatic rings. The molecule has 0 fully saturated rings. The minimum Gasteiger partial charge on any atom is -0.455 e. The van der Waals surface area contributed by atoms with Gasteiger partial charge < -0.3 is 9.73 Å². The lowest BCUT2D eigenvalue weighted by Crippen LogP contribution is -2.10. The molecule has 0 aliphatic heterocycles. The summed E-state index contributed by atoms with van der Waals surface area (Å²) in [7, 11) is 0. The van der Waals surface area contributed by atoms with E-state index in [9.17, 15) is 9.18 Å². The van der Waals surface area contributed by atoms with Crippen molar-refractivity contribution < 1.29 is 13.6 Å². The number of thioether (sulfide) groups is 1. The van der Waals surface area contributed by atoms with E-state index in [1.165, 1.54) is 18.2 Å². The Morgan fingerprint density at radius 2 is 2.22 bits per heavy atom. The third-order valence-electron chi connectivity index (χ3n) is 2.25. The predicted octanol–water partition coefficient (Wildman–Crippen LogP) is 3.53. The van der Waals surface area contributed by atoms with E-state index in [0.29, 0.717) is 11.4 Å². The van der Waals surface area contributed by atoms with Crippen molar-refractivity contribution in [3.63, 3.8) is 0 Å². The molecule has 1 heterocycles. The summed E-state index contributed by atoms with van der Waals surface area (Å²) in [6, 6.07) is 9.10. The second-order valence-electron chi connectivity index (χ2n) is 3.66. The first-order valence-electron chi connectivity index (χ1n) is 5.33. The lowest BCUT2D eigenvalue weighted by molar-refractivity contribution is 0.0995. The number of carbonyl (C=O) groups is 1. The lowest BCUT2D eigenvalue weighted by Gasteiger charge is -2.02. The molecule has 0 spiro atoms. The van der Waals surface area contributed by atoms with Crippen LogP contribution in [0.2, 0.25) is 0 Å². The van der Waals surface area contributed by atoms with E-state index in [2.05, 4.69) is 5.32 Å². The predicted molar refractivity (Wildman–Crippen MR) is 70.3 cm³/mol. The van der Waals surface area contributed by atoms with Crippen LogP contribution in [0.1, 0.15) is 16.3 Å². The van der Waals surface area contributed by atoms with Crippen molar-refractivity contribution in [1.82, 2.24) is 0 Å². The van der Waals surface area contributed by atoms with E-state index >= 15 is 0 Å². The molecule has 2 aromatic rings. The number of rotatable bonds is 4. The van der Waals surface area contributed by atoms with E-state index in [1.807, 2.05) is 6.26 Å². The van der Waals surface area contributed by atoms with E-state index in [4.69, 9.17) is 4.42 Å². The number of carbonyl (C=O) groups excluding carboxylic acids is 1. The van der Waals surface area contributed by atoms with E-state index < -0.39 is 5.82 Å². The van der Waals surface area contributed by atoms with E-state index in [1.54, 1.807) is 30.0 Å². The van der Waals surface area contributed by atoms with Gasteiger partial charge in [0.25, 0.3) is 5.91 Å². The summed E-state index contributed by atoms with van der Waals surface area (Å²) >= 11 is 1.61. The molecular formula is C13H12FNO2S. The molecule has 0 unspecified atom stereocenters. The van der Waals surface area contributed by atoms with Crippen LogP contribution in [0.4, 0.5) is 10.1 Å².